The Labute approximate surface area is 181 Å². The summed E-state index contributed by atoms with van der Waals surface area (Å²) in [5, 5.41) is 3.15. The fraction of sp³-hybridized carbons (Fsp3) is 0.333. The van der Waals surface area contributed by atoms with E-state index in [-0.39, 0.29) is 17.6 Å². The molecular weight excluding hydrogens is 393 g/mol. The topological polar surface area (TPSA) is 71.0 Å². The Morgan fingerprint density at radius 3 is 2.77 bits per heavy atom. The number of amides is 1. The molecule has 160 valence electrons. The zero-order valence-corrected chi connectivity index (χ0v) is 17.6. The number of benzene rings is 1. The average molecular weight is 420 g/mol. The molecule has 3 aromatic rings. The van der Waals surface area contributed by atoms with Gasteiger partial charge in [-0.3, -0.25) is 4.79 Å². The van der Waals surface area contributed by atoms with Crippen molar-refractivity contribution in [1.29, 1.82) is 0 Å². The van der Waals surface area contributed by atoms with Crippen LogP contribution in [0.3, 0.4) is 0 Å². The van der Waals surface area contributed by atoms with E-state index in [0.717, 1.165) is 36.2 Å². The number of nitrogens with zero attached hydrogens (tertiary/aromatic N) is 4. The minimum absolute atomic E-state index is 0.130. The highest BCUT2D eigenvalue weighted by Crippen LogP contribution is 2.27. The van der Waals surface area contributed by atoms with E-state index < -0.39 is 0 Å². The van der Waals surface area contributed by atoms with E-state index >= 15 is 0 Å². The number of pyridine rings is 1. The van der Waals surface area contributed by atoms with Crippen LogP contribution in [0.1, 0.15) is 42.0 Å². The highest BCUT2D eigenvalue weighted by molar-refractivity contribution is 5.76. The van der Waals surface area contributed by atoms with Gasteiger partial charge in [0.2, 0.25) is 11.9 Å². The molecule has 1 atom stereocenters. The summed E-state index contributed by atoms with van der Waals surface area (Å²) in [6.07, 6.45) is 6.51. The predicted octanol–water partition coefficient (Wildman–Crippen LogP) is 4.40. The fourth-order valence-corrected chi connectivity index (χ4v) is 3.82. The molecule has 1 aliphatic heterocycles. The van der Waals surface area contributed by atoms with Gasteiger partial charge in [-0.2, -0.15) is 0 Å². The first-order valence-corrected chi connectivity index (χ1v) is 10.6. The third-order valence-electron chi connectivity index (χ3n) is 5.56. The summed E-state index contributed by atoms with van der Waals surface area (Å²) in [6, 6.07) is 12.1. The first-order chi connectivity index (χ1) is 15.1. The van der Waals surface area contributed by atoms with E-state index in [2.05, 4.69) is 20.3 Å². The molecule has 0 radical (unpaired) electrons. The van der Waals surface area contributed by atoms with Crippen molar-refractivity contribution in [2.24, 2.45) is 0 Å². The number of aromatic nitrogens is 3. The van der Waals surface area contributed by atoms with Crippen LogP contribution in [0.2, 0.25) is 0 Å². The van der Waals surface area contributed by atoms with Crippen molar-refractivity contribution in [3.63, 3.8) is 0 Å². The number of nitrogens with one attached hydrogen (secondary N) is 1. The van der Waals surface area contributed by atoms with E-state index in [1.165, 1.54) is 12.1 Å². The first-order valence-electron chi connectivity index (χ1n) is 10.6. The van der Waals surface area contributed by atoms with Gasteiger partial charge < -0.3 is 10.2 Å². The fourth-order valence-electron chi connectivity index (χ4n) is 3.82. The lowest BCUT2D eigenvalue weighted by Gasteiger charge is -2.32. The lowest BCUT2D eigenvalue weighted by molar-refractivity contribution is -0.132. The smallest absolute Gasteiger partial charge is 0.228 e. The number of aryl methyl sites for hydroxylation is 2. The summed E-state index contributed by atoms with van der Waals surface area (Å²) in [7, 11) is 0. The van der Waals surface area contributed by atoms with Crippen molar-refractivity contribution < 1.29 is 9.18 Å². The molecule has 2 aromatic heterocycles. The van der Waals surface area contributed by atoms with Crippen LogP contribution in [0.4, 0.5) is 16.2 Å². The van der Waals surface area contributed by atoms with E-state index in [0.29, 0.717) is 31.2 Å². The Morgan fingerprint density at radius 1 is 1.16 bits per heavy atom. The van der Waals surface area contributed by atoms with E-state index in [9.17, 15) is 9.18 Å². The molecule has 0 spiro atoms. The molecule has 1 aliphatic rings. The highest BCUT2D eigenvalue weighted by Gasteiger charge is 2.25. The number of rotatable bonds is 6. The van der Waals surface area contributed by atoms with Gasteiger partial charge in [0.15, 0.2) is 0 Å². The van der Waals surface area contributed by atoms with Gasteiger partial charge in [0.1, 0.15) is 11.6 Å². The maximum absolute atomic E-state index is 13.1. The number of carbonyl (C=O) groups excluding carboxylic acids is 1. The summed E-state index contributed by atoms with van der Waals surface area (Å²) >= 11 is 0. The quantitative estimate of drug-likeness (QED) is 0.641. The van der Waals surface area contributed by atoms with Crippen LogP contribution in [-0.2, 0) is 11.2 Å². The van der Waals surface area contributed by atoms with E-state index in [1.54, 1.807) is 24.5 Å². The Hall–Kier alpha value is -3.35. The lowest BCUT2D eigenvalue weighted by Crippen LogP contribution is -2.39. The molecule has 1 saturated heterocycles. The van der Waals surface area contributed by atoms with E-state index in [4.69, 9.17) is 0 Å². The second-order valence-electron chi connectivity index (χ2n) is 7.96. The zero-order chi connectivity index (χ0) is 21.6. The summed E-state index contributed by atoms with van der Waals surface area (Å²) < 4.78 is 13.1. The Morgan fingerprint density at radius 2 is 2.00 bits per heavy atom. The van der Waals surface area contributed by atoms with Gasteiger partial charge in [0.05, 0.1) is 5.69 Å². The second kappa shape index (κ2) is 9.64. The molecule has 1 amide bonds. The van der Waals surface area contributed by atoms with Gasteiger partial charge in [0.25, 0.3) is 0 Å². The molecule has 4 rings (SSSR count). The number of piperidine rings is 1. The normalized spacial score (nSPS) is 16.2. The summed E-state index contributed by atoms with van der Waals surface area (Å²) in [5.74, 6) is 1.26. The molecule has 1 aromatic carbocycles. The SMILES string of the molecule is Cc1ccc(Nc2nccc([C@@H]3CCCN(C(=O)CCc4ccc(F)cc4)C3)n2)nc1. The van der Waals surface area contributed by atoms with Crippen LogP contribution in [0, 0.1) is 12.7 Å². The molecular formula is C24H26FN5O. The van der Waals surface area contributed by atoms with E-state index in [1.807, 2.05) is 30.0 Å². The van der Waals surface area contributed by atoms with Crippen LogP contribution in [-0.4, -0.2) is 38.8 Å². The van der Waals surface area contributed by atoms with Crippen molar-refractivity contribution in [1.82, 2.24) is 19.9 Å². The zero-order valence-electron chi connectivity index (χ0n) is 17.6. The Kier molecular flexibility index (Phi) is 6.50. The van der Waals surface area contributed by atoms with Gasteiger partial charge >= 0.3 is 0 Å². The molecule has 6 nitrogen and oxygen atoms in total. The van der Waals surface area contributed by atoms with Crippen LogP contribution in [0.5, 0.6) is 0 Å². The van der Waals surface area contributed by atoms with Crippen LogP contribution in [0.15, 0.2) is 54.9 Å². The molecule has 31 heavy (non-hydrogen) atoms. The van der Waals surface area contributed by atoms with Gasteiger partial charge in [-0.15, -0.1) is 0 Å². The third kappa shape index (κ3) is 5.63. The third-order valence-corrected chi connectivity index (χ3v) is 5.56. The van der Waals surface area contributed by atoms with Gasteiger partial charge in [0, 0.05) is 37.8 Å². The average Bonchev–Trinajstić information content (AvgIpc) is 2.80. The monoisotopic (exact) mass is 419 g/mol. The van der Waals surface area contributed by atoms with Crippen LogP contribution >= 0.6 is 0 Å². The van der Waals surface area contributed by atoms with Crippen LogP contribution in [0.25, 0.3) is 0 Å². The largest absolute Gasteiger partial charge is 0.342 e. The minimum atomic E-state index is -0.259. The molecule has 0 bridgehead atoms. The predicted molar refractivity (Wildman–Crippen MR) is 118 cm³/mol. The van der Waals surface area contributed by atoms with Gasteiger partial charge in [-0.1, -0.05) is 18.2 Å². The summed E-state index contributed by atoms with van der Waals surface area (Å²) in [5.41, 5.74) is 2.99. The number of halogens is 1. The summed E-state index contributed by atoms with van der Waals surface area (Å²) in [4.78, 5) is 28.0. The van der Waals surface area contributed by atoms with Crippen molar-refractivity contribution in [3.8, 4) is 0 Å². The Bertz CT molecular complexity index is 1020. The summed E-state index contributed by atoms with van der Waals surface area (Å²) in [6.45, 7) is 3.41. The molecule has 0 saturated carbocycles. The molecule has 0 unspecified atom stereocenters. The van der Waals surface area contributed by atoms with Crippen molar-refractivity contribution in [2.45, 2.75) is 38.5 Å². The number of likely N-dealkylation sites (tertiary alicyclic amines) is 1. The lowest BCUT2D eigenvalue weighted by atomic mass is 9.94. The number of hydrogen-bond acceptors (Lipinski definition) is 5. The van der Waals surface area contributed by atoms with Crippen molar-refractivity contribution in [2.75, 3.05) is 18.4 Å². The number of hydrogen-bond donors (Lipinski definition) is 1. The van der Waals surface area contributed by atoms with Crippen molar-refractivity contribution >= 4 is 17.7 Å². The molecule has 0 aliphatic carbocycles. The van der Waals surface area contributed by atoms with Gasteiger partial charge in [-0.25, -0.2) is 19.3 Å². The molecule has 1 fully saturated rings. The van der Waals surface area contributed by atoms with Crippen molar-refractivity contribution in [3.05, 3.63) is 77.5 Å². The second-order valence-corrected chi connectivity index (χ2v) is 7.96. The Balaban J connectivity index is 1.37. The maximum atomic E-state index is 13.1. The van der Waals surface area contributed by atoms with Gasteiger partial charge in [-0.05, 0) is 61.6 Å². The molecule has 1 N–H and O–H groups in total. The number of carbonyl (C=O) groups is 1. The van der Waals surface area contributed by atoms with Crippen LogP contribution < -0.4 is 5.32 Å². The minimum Gasteiger partial charge on any atom is -0.342 e. The molecule has 3 heterocycles. The first kappa shape index (κ1) is 20.9. The standard InChI is InChI=1S/C24H26FN5O/c1-17-4-10-22(27-15-17)29-24-26-13-12-21(28-24)19-3-2-14-30(16-19)23(31)11-7-18-5-8-20(25)9-6-18/h4-6,8-10,12-13,15,19H,2-3,7,11,14,16H2,1H3,(H,26,27,28,29)/t19-/m1/s1. The molecule has 7 heteroatoms. The highest BCUT2D eigenvalue weighted by atomic mass is 19.1. The number of anilines is 2. The maximum Gasteiger partial charge on any atom is 0.228 e.